The van der Waals surface area contributed by atoms with Crippen molar-refractivity contribution in [1.82, 2.24) is 0 Å². The molecule has 9 nitrogen and oxygen atoms in total. The van der Waals surface area contributed by atoms with E-state index in [0.717, 1.165) is 0 Å². The lowest BCUT2D eigenvalue weighted by molar-refractivity contribution is -0.384. The molecule has 2 rings (SSSR count). The van der Waals surface area contributed by atoms with Gasteiger partial charge in [0.05, 0.1) is 11.5 Å². The molecular formula is C13H18N2O7. The molecule has 1 aromatic rings. The number of benzene rings is 1. The van der Waals surface area contributed by atoms with Crippen molar-refractivity contribution >= 4 is 11.4 Å². The highest BCUT2D eigenvalue weighted by atomic mass is 16.6. The standard InChI is InChI=1S/C13H18N2O7/c1-6-4-7(15(20)21)2-3-8(6)14-13-12(19)11(18)10(17)9(5-16)22-13/h2-4,9-14,16-19H,5H2,1H3/t9-,10+,11+,12+,13+/m0/s1. The third kappa shape index (κ3) is 3.18. The van der Waals surface area contributed by atoms with E-state index in [-0.39, 0.29) is 5.69 Å². The second-order valence-electron chi connectivity index (χ2n) is 5.15. The average Bonchev–Trinajstić information content (AvgIpc) is 2.49. The van der Waals surface area contributed by atoms with Crippen LogP contribution in [0.5, 0.6) is 0 Å². The van der Waals surface area contributed by atoms with E-state index >= 15 is 0 Å². The van der Waals surface area contributed by atoms with Gasteiger partial charge in [0.25, 0.3) is 5.69 Å². The Morgan fingerprint density at radius 1 is 1.27 bits per heavy atom. The topological polar surface area (TPSA) is 145 Å². The van der Waals surface area contributed by atoms with Gasteiger partial charge in [-0.1, -0.05) is 0 Å². The van der Waals surface area contributed by atoms with E-state index < -0.39 is 42.2 Å². The van der Waals surface area contributed by atoms with Gasteiger partial charge in [-0.25, -0.2) is 0 Å². The van der Waals surface area contributed by atoms with Crippen LogP contribution >= 0.6 is 0 Å². The molecule has 0 spiro atoms. The van der Waals surface area contributed by atoms with Crippen molar-refractivity contribution in [3.05, 3.63) is 33.9 Å². The highest BCUT2D eigenvalue weighted by Gasteiger charge is 2.43. The van der Waals surface area contributed by atoms with Gasteiger partial charge in [-0.15, -0.1) is 0 Å². The number of nitrogens with zero attached hydrogens (tertiary/aromatic N) is 1. The fraction of sp³-hybridized carbons (Fsp3) is 0.538. The fourth-order valence-corrected chi connectivity index (χ4v) is 2.30. The highest BCUT2D eigenvalue weighted by molar-refractivity contribution is 5.55. The van der Waals surface area contributed by atoms with Gasteiger partial charge < -0.3 is 30.5 Å². The molecule has 0 radical (unpaired) electrons. The lowest BCUT2D eigenvalue weighted by Gasteiger charge is -2.40. The predicted molar refractivity (Wildman–Crippen MR) is 75.2 cm³/mol. The van der Waals surface area contributed by atoms with Crippen molar-refractivity contribution in [3.8, 4) is 0 Å². The molecule has 0 bridgehead atoms. The number of aliphatic hydroxyl groups excluding tert-OH is 4. The summed E-state index contributed by atoms with van der Waals surface area (Å²) in [5.74, 6) is 0. The van der Waals surface area contributed by atoms with Gasteiger partial charge >= 0.3 is 0 Å². The van der Waals surface area contributed by atoms with Crippen molar-refractivity contribution in [2.24, 2.45) is 0 Å². The normalized spacial score (nSPS) is 31.8. The van der Waals surface area contributed by atoms with E-state index in [1.807, 2.05) is 0 Å². The zero-order chi connectivity index (χ0) is 16.4. The van der Waals surface area contributed by atoms with Crippen LogP contribution in [0.1, 0.15) is 5.56 Å². The summed E-state index contributed by atoms with van der Waals surface area (Å²) in [5, 5.41) is 52.0. The maximum atomic E-state index is 10.7. The van der Waals surface area contributed by atoms with Gasteiger partial charge in [-0.3, -0.25) is 10.1 Å². The van der Waals surface area contributed by atoms with E-state index in [9.17, 15) is 25.4 Å². The van der Waals surface area contributed by atoms with Gasteiger partial charge in [0, 0.05) is 17.8 Å². The first-order valence-electron chi connectivity index (χ1n) is 6.67. The minimum Gasteiger partial charge on any atom is -0.394 e. The smallest absolute Gasteiger partial charge is 0.269 e. The van der Waals surface area contributed by atoms with Crippen LogP contribution in [0.15, 0.2) is 18.2 Å². The molecule has 1 heterocycles. The quantitative estimate of drug-likeness (QED) is 0.355. The van der Waals surface area contributed by atoms with E-state index in [4.69, 9.17) is 9.84 Å². The summed E-state index contributed by atoms with van der Waals surface area (Å²) < 4.78 is 5.31. The van der Waals surface area contributed by atoms with Crippen molar-refractivity contribution in [1.29, 1.82) is 0 Å². The Balaban J connectivity index is 2.17. The van der Waals surface area contributed by atoms with Crippen molar-refractivity contribution < 1.29 is 30.1 Å². The Labute approximate surface area is 125 Å². The van der Waals surface area contributed by atoms with Gasteiger partial charge in [-0.2, -0.15) is 0 Å². The molecule has 1 aliphatic heterocycles. The third-order valence-corrected chi connectivity index (χ3v) is 3.61. The third-order valence-electron chi connectivity index (χ3n) is 3.61. The molecule has 5 atom stereocenters. The molecular weight excluding hydrogens is 296 g/mol. The van der Waals surface area contributed by atoms with E-state index in [2.05, 4.69) is 5.32 Å². The zero-order valence-corrected chi connectivity index (χ0v) is 11.8. The molecule has 1 aromatic carbocycles. The number of aliphatic hydroxyl groups is 4. The number of hydrogen-bond donors (Lipinski definition) is 5. The molecule has 0 unspecified atom stereocenters. The monoisotopic (exact) mass is 314 g/mol. The second kappa shape index (κ2) is 6.55. The van der Waals surface area contributed by atoms with Gasteiger partial charge in [0.1, 0.15) is 24.4 Å². The van der Waals surface area contributed by atoms with Crippen molar-refractivity contribution in [3.63, 3.8) is 0 Å². The van der Waals surface area contributed by atoms with E-state index in [1.54, 1.807) is 6.92 Å². The molecule has 5 N–H and O–H groups in total. The van der Waals surface area contributed by atoms with Crippen molar-refractivity contribution in [2.75, 3.05) is 11.9 Å². The van der Waals surface area contributed by atoms with Crippen LogP contribution in [0.25, 0.3) is 0 Å². The number of aryl methyl sites for hydroxylation is 1. The molecule has 0 amide bonds. The van der Waals surface area contributed by atoms with Crippen LogP contribution in [-0.4, -0.2) is 62.6 Å². The summed E-state index contributed by atoms with van der Waals surface area (Å²) in [4.78, 5) is 10.2. The Bertz CT molecular complexity index is 551. The minimum atomic E-state index is -1.48. The predicted octanol–water partition coefficient (Wildman–Crippen LogP) is -0.885. The molecule has 1 aliphatic rings. The number of ether oxygens (including phenoxy) is 1. The van der Waals surface area contributed by atoms with Crippen LogP contribution < -0.4 is 5.32 Å². The van der Waals surface area contributed by atoms with Crippen molar-refractivity contribution in [2.45, 2.75) is 37.6 Å². The summed E-state index contributed by atoms with van der Waals surface area (Å²) in [7, 11) is 0. The van der Waals surface area contributed by atoms with Crippen LogP contribution in [0, 0.1) is 17.0 Å². The summed E-state index contributed by atoms with van der Waals surface area (Å²) in [6.45, 7) is 1.11. The maximum Gasteiger partial charge on any atom is 0.269 e. The first-order chi connectivity index (χ1) is 10.3. The Hall–Kier alpha value is -1.78. The largest absolute Gasteiger partial charge is 0.394 e. The molecule has 0 aliphatic carbocycles. The number of anilines is 1. The van der Waals surface area contributed by atoms with Crippen LogP contribution in [0.3, 0.4) is 0 Å². The number of hydrogen-bond acceptors (Lipinski definition) is 8. The highest BCUT2D eigenvalue weighted by Crippen LogP contribution is 2.26. The zero-order valence-electron chi connectivity index (χ0n) is 11.8. The second-order valence-corrected chi connectivity index (χ2v) is 5.15. The molecule has 1 fully saturated rings. The Kier molecular flexibility index (Phi) is 4.94. The summed E-state index contributed by atoms with van der Waals surface area (Å²) in [5.41, 5.74) is 0.943. The minimum absolute atomic E-state index is 0.0724. The summed E-state index contributed by atoms with van der Waals surface area (Å²) >= 11 is 0. The lowest BCUT2D eigenvalue weighted by atomic mass is 9.98. The molecule has 122 valence electrons. The fourth-order valence-electron chi connectivity index (χ4n) is 2.30. The molecule has 9 heteroatoms. The van der Waals surface area contributed by atoms with Gasteiger partial charge in [-0.05, 0) is 18.6 Å². The average molecular weight is 314 g/mol. The Morgan fingerprint density at radius 2 is 1.95 bits per heavy atom. The first-order valence-corrected chi connectivity index (χ1v) is 6.67. The SMILES string of the molecule is Cc1cc([N+](=O)[O-])ccc1N[C@@H]1O[C@@H](CO)[C@@H](O)[C@@H](O)[C@H]1O. The maximum absolute atomic E-state index is 10.7. The van der Waals surface area contributed by atoms with Crippen LogP contribution in [0.4, 0.5) is 11.4 Å². The number of rotatable bonds is 4. The van der Waals surface area contributed by atoms with Gasteiger partial charge in [0.15, 0.2) is 6.23 Å². The van der Waals surface area contributed by atoms with Crippen LogP contribution in [0.2, 0.25) is 0 Å². The lowest BCUT2D eigenvalue weighted by Crippen LogP contribution is -2.60. The van der Waals surface area contributed by atoms with E-state index in [0.29, 0.717) is 11.3 Å². The van der Waals surface area contributed by atoms with Gasteiger partial charge in [0.2, 0.25) is 0 Å². The number of non-ortho nitro benzene ring substituents is 1. The number of nitrogens with one attached hydrogen (secondary N) is 1. The summed E-state index contributed by atoms with van der Waals surface area (Å²) in [6.07, 6.45) is -6.44. The molecule has 0 aromatic heterocycles. The summed E-state index contributed by atoms with van der Waals surface area (Å²) in [6, 6.07) is 4.10. The number of nitro benzene ring substituents is 1. The van der Waals surface area contributed by atoms with E-state index in [1.165, 1.54) is 18.2 Å². The first kappa shape index (κ1) is 16.6. The number of nitro groups is 1. The molecule has 22 heavy (non-hydrogen) atoms. The molecule has 0 saturated carbocycles. The molecule has 1 saturated heterocycles. The van der Waals surface area contributed by atoms with Crippen LogP contribution in [-0.2, 0) is 4.74 Å². The Morgan fingerprint density at radius 3 is 2.50 bits per heavy atom.